The molecule has 5 heteroatoms. The topological polar surface area (TPSA) is 71.3 Å². The molecule has 0 spiro atoms. The van der Waals surface area contributed by atoms with E-state index in [2.05, 4.69) is 48.7 Å². The van der Waals surface area contributed by atoms with Crippen molar-refractivity contribution in [3.63, 3.8) is 0 Å². The third-order valence-electron chi connectivity index (χ3n) is 4.93. The predicted molar refractivity (Wildman–Crippen MR) is 122 cm³/mol. The van der Waals surface area contributed by atoms with Crippen LogP contribution >= 0.6 is 0 Å². The Hall–Kier alpha value is -3.60. The summed E-state index contributed by atoms with van der Waals surface area (Å²) in [6, 6.07) is 20.8. The minimum atomic E-state index is -0.351. The molecule has 0 aliphatic rings. The molecule has 160 valence electrons. The minimum Gasteiger partial charge on any atom is -0.465 e. The zero-order chi connectivity index (χ0) is 22.1. The molecule has 3 aromatic rings. The van der Waals surface area contributed by atoms with Gasteiger partial charge in [0, 0.05) is 18.2 Å². The molecule has 0 radical (unpaired) electrons. The Morgan fingerprint density at radius 1 is 0.968 bits per heavy atom. The number of amides is 2. The summed E-state index contributed by atoms with van der Waals surface area (Å²) in [6.45, 7) is 4.85. The van der Waals surface area contributed by atoms with E-state index in [4.69, 9.17) is 4.42 Å². The number of nitrogens with one attached hydrogen (secondary N) is 2. The summed E-state index contributed by atoms with van der Waals surface area (Å²) in [5.41, 5.74) is 3.18. The van der Waals surface area contributed by atoms with Crippen LogP contribution in [0.4, 0.5) is 0 Å². The predicted octanol–water partition coefficient (Wildman–Crippen LogP) is 4.92. The summed E-state index contributed by atoms with van der Waals surface area (Å²) in [4.78, 5) is 25.2. The first-order valence-corrected chi connectivity index (χ1v) is 10.5. The summed E-state index contributed by atoms with van der Waals surface area (Å²) in [5, 5.41) is 5.59. The molecule has 0 saturated carbocycles. The molecule has 2 N–H and O–H groups in total. The van der Waals surface area contributed by atoms with Crippen LogP contribution in [0.1, 0.15) is 53.4 Å². The van der Waals surface area contributed by atoms with Crippen LogP contribution in [0, 0.1) is 0 Å². The molecule has 2 amide bonds. The van der Waals surface area contributed by atoms with E-state index < -0.39 is 0 Å². The van der Waals surface area contributed by atoms with Crippen molar-refractivity contribution in [3.05, 3.63) is 101 Å². The lowest BCUT2D eigenvalue weighted by Crippen LogP contribution is -2.35. The first kappa shape index (κ1) is 22.1. The van der Waals surface area contributed by atoms with Crippen molar-refractivity contribution < 1.29 is 14.0 Å². The summed E-state index contributed by atoms with van der Waals surface area (Å²) in [5.74, 6) is 0.303. The molecule has 31 heavy (non-hydrogen) atoms. The Bertz CT molecular complexity index is 1000. The second-order valence-corrected chi connectivity index (χ2v) is 7.65. The summed E-state index contributed by atoms with van der Waals surface area (Å²) in [7, 11) is 0. The highest BCUT2D eigenvalue weighted by Crippen LogP contribution is 2.15. The van der Waals surface area contributed by atoms with Crippen LogP contribution in [0.2, 0.25) is 0 Å². The fourth-order valence-electron chi connectivity index (χ4n) is 3.12. The normalized spacial score (nSPS) is 11.4. The van der Waals surface area contributed by atoms with E-state index in [0.717, 1.165) is 12.8 Å². The van der Waals surface area contributed by atoms with Gasteiger partial charge < -0.3 is 15.1 Å². The molecule has 0 aliphatic carbocycles. The van der Waals surface area contributed by atoms with Crippen LogP contribution in [0.15, 0.2) is 83.1 Å². The fraction of sp³-hybridized carbons (Fsp3) is 0.231. The number of hydrogen-bond acceptors (Lipinski definition) is 3. The van der Waals surface area contributed by atoms with Gasteiger partial charge in [-0.3, -0.25) is 9.59 Å². The molecule has 0 aliphatic heterocycles. The van der Waals surface area contributed by atoms with E-state index in [-0.39, 0.29) is 17.5 Å². The molecule has 0 atom stereocenters. The molecule has 3 rings (SSSR count). The lowest BCUT2D eigenvalue weighted by molar-refractivity contribution is -0.117. The van der Waals surface area contributed by atoms with Gasteiger partial charge in [0.1, 0.15) is 11.5 Å². The first-order chi connectivity index (χ1) is 15.0. The van der Waals surface area contributed by atoms with Gasteiger partial charge >= 0.3 is 0 Å². The number of furan rings is 1. The molecular formula is C26H28N2O3. The Morgan fingerprint density at radius 3 is 2.35 bits per heavy atom. The summed E-state index contributed by atoms with van der Waals surface area (Å²) < 4.78 is 5.30. The number of carbonyl (C=O) groups is 2. The highest BCUT2D eigenvalue weighted by molar-refractivity contribution is 6.05. The minimum absolute atomic E-state index is 0.144. The van der Waals surface area contributed by atoms with Crippen LogP contribution in [0.25, 0.3) is 6.08 Å². The van der Waals surface area contributed by atoms with Crippen LogP contribution < -0.4 is 10.6 Å². The molecule has 1 aromatic heterocycles. The van der Waals surface area contributed by atoms with Gasteiger partial charge in [-0.25, -0.2) is 0 Å². The van der Waals surface area contributed by atoms with E-state index in [0.29, 0.717) is 23.8 Å². The summed E-state index contributed by atoms with van der Waals surface area (Å²) >= 11 is 0. The highest BCUT2D eigenvalue weighted by Gasteiger charge is 2.15. The van der Waals surface area contributed by atoms with Gasteiger partial charge in [0.15, 0.2) is 0 Å². The maximum atomic E-state index is 12.7. The van der Waals surface area contributed by atoms with Gasteiger partial charge in [-0.2, -0.15) is 0 Å². The Morgan fingerprint density at radius 2 is 1.71 bits per heavy atom. The van der Waals surface area contributed by atoms with E-state index in [1.54, 1.807) is 36.4 Å². The lowest BCUT2D eigenvalue weighted by atomic mass is 10.0. The third-order valence-corrected chi connectivity index (χ3v) is 4.93. The zero-order valence-corrected chi connectivity index (χ0v) is 17.9. The molecule has 0 bridgehead atoms. The molecule has 1 heterocycles. The van der Waals surface area contributed by atoms with Gasteiger partial charge in [0.2, 0.25) is 0 Å². The maximum Gasteiger partial charge on any atom is 0.267 e. The van der Waals surface area contributed by atoms with Crippen molar-refractivity contribution in [1.29, 1.82) is 0 Å². The number of benzene rings is 2. The average molecular weight is 417 g/mol. The van der Waals surface area contributed by atoms with Crippen molar-refractivity contribution in [1.82, 2.24) is 10.6 Å². The molecule has 5 nitrogen and oxygen atoms in total. The molecule has 0 saturated heterocycles. The molecule has 2 aromatic carbocycles. The van der Waals surface area contributed by atoms with Crippen LogP contribution in [0.5, 0.6) is 0 Å². The Kier molecular flexibility index (Phi) is 7.82. The largest absolute Gasteiger partial charge is 0.465 e. The van der Waals surface area contributed by atoms with E-state index in [9.17, 15) is 9.59 Å². The van der Waals surface area contributed by atoms with E-state index >= 15 is 0 Å². The number of carbonyl (C=O) groups excluding carboxylic acids is 2. The van der Waals surface area contributed by atoms with Crippen LogP contribution in [0.3, 0.4) is 0 Å². The SMILES string of the molecule is CC(C)c1ccc(CCCNC(=O)/C(=C/c2ccco2)NC(=O)c2ccccc2)cc1. The van der Waals surface area contributed by atoms with Crippen molar-refractivity contribution in [2.24, 2.45) is 0 Å². The van der Waals surface area contributed by atoms with E-state index in [1.165, 1.54) is 23.5 Å². The van der Waals surface area contributed by atoms with E-state index in [1.807, 2.05) is 6.07 Å². The first-order valence-electron chi connectivity index (χ1n) is 10.5. The molecular weight excluding hydrogens is 388 g/mol. The van der Waals surface area contributed by atoms with Gasteiger partial charge in [0.05, 0.1) is 6.26 Å². The Labute approximate surface area is 183 Å². The number of hydrogen-bond donors (Lipinski definition) is 2. The highest BCUT2D eigenvalue weighted by atomic mass is 16.3. The lowest BCUT2D eigenvalue weighted by Gasteiger charge is -2.11. The Balaban J connectivity index is 1.57. The van der Waals surface area contributed by atoms with Gasteiger partial charge in [-0.1, -0.05) is 56.3 Å². The average Bonchev–Trinajstić information content (AvgIpc) is 3.30. The van der Waals surface area contributed by atoms with Crippen molar-refractivity contribution in [2.75, 3.05) is 6.54 Å². The van der Waals surface area contributed by atoms with Crippen LogP contribution in [-0.2, 0) is 11.2 Å². The smallest absolute Gasteiger partial charge is 0.267 e. The maximum absolute atomic E-state index is 12.7. The third kappa shape index (κ3) is 6.71. The van der Waals surface area contributed by atoms with Crippen molar-refractivity contribution >= 4 is 17.9 Å². The molecule has 0 fully saturated rings. The van der Waals surface area contributed by atoms with Gasteiger partial charge in [-0.15, -0.1) is 0 Å². The van der Waals surface area contributed by atoms with Crippen molar-refractivity contribution in [2.45, 2.75) is 32.6 Å². The standard InChI is InChI=1S/C26H28N2O3/c1-19(2)21-14-12-20(13-15-21)8-6-16-27-26(30)24(18-23-11-7-17-31-23)28-25(29)22-9-4-3-5-10-22/h3-5,7,9-15,17-19H,6,8,16H2,1-2H3,(H,27,30)(H,28,29)/b24-18-. The number of rotatable bonds is 9. The second-order valence-electron chi connectivity index (χ2n) is 7.65. The fourth-order valence-corrected chi connectivity index (χ4v) is 3.12. The van der Waals surface area contributed by atoms with Gasteiger partial charge in [-0.05, 0) is 54.2 Å². The zero-order valence-electron chi connectivity index (χ0n) is 17.9. The molecule has 0 unspecified atom stereocenters. The second kappa shape index (κ2) is 11.0. The summed E-state index contributed by atoms with van der Waals surface area (Å²) in [6.07, 6.45) is 4.71. The van der Waals surface area contributed by atoms with Gasteiger partial charge in [0.25, 0.3) is 11.8 Å². The van der Waals surface area contributed by atoms with Crippen molar-refractivity contribution in [3.8, 4) is 0 Å². The van der Waals surface area contributed by atoms with Crippen LogP contribution in [-0.4, -0.2) is 18.4 Å². The quantitative estimate of drug-likeness (QED) is 0.384. The number of aryl methyl sites for hydroxylation is 1. The monoisotopic (exact) mass is 416 g/mol.